The second kappa shape index (κ2) is 92.8. The van der Waals surface area contributed by atoms with Crippen LogP contribution in [0.15, 0.2) is 44.6 Å². The molecular weight excluding hydrogens is 1880 g/mol. The third-order valence-corrected chi connectivity index (χ3v) is 30.6. The zero-order valence-corrected chi connectivity index (χ0v) is 98.7. The zero-order valence-electron chi connectivity index (χ0n) is 98.7. The molecule has 868 valence electrons. The maximum atomic E-state index is 13.4. The summed E-state index contributed by atoms with van der Waals surface area (Å²) in [6.07, 6.45) is 62.5. The summed E-state index contributed by atoms with van der Waals surface area (Å²) in [5.74, 6) is 0.402. The van der Waals surface area contributed by atoms with Gasteiger partial charge in [0.25, 0.3) is 0 Å². The van der Waals surface area contributed by atoms with E-state index in [1.165, 1.54) is 205 Å². The van der Waals surface area contributed by atoms with Crippen LogP contribution in [0.3, 0.4) is 0 Å². The molecule has 0 saturated carbocycles. The molecule has 25 heteroatoms. The van der Waals surface area contributed by atoms with Gasteiger partial charge < -0.3 is 88.8 Å². The lowest BCUT2D eigenvalue weighted by molar-refractivity contribution is -0.129. The van der Waals surface area contributed by atoms with E-state index in [0.717, 1.165) is 129 Å². The first kappa shape index (κ1) is 140. The molecule has 6 N–H and O–H groups in total. The van der Waals surface area contributed by atoms with Gasteiger partial charge in [0.1, 0.15) is 11.6 Å². The number of carbonyl (C=O) groups is 8. The van der Waals surface area contributed by atoms with Gasteiger partial charge in [0.15, 0.2) is 0 Å². The summed E-state index contributed by atoms with van der Waals surface area (Å²) in [5.41, 5.74) is 15.0. The topological polar surface area (TPSA) is 310 Å². The Morgan fingerprint density at radius 1 is 0.262 bits per heavy atom. The van der Waals surface area contributed by atoms with Gasteiger partial charge >= 0.3 is 0 Å². The maximum absolute atomic E-state index is 13.4. The van der Waals surface area contributed by atoms with E-state index in [4.69, 9.17) is 52.1 Å². The summed E-state index contributed by atoms with van der Waals surface area (Å²) in [5, 5.41) is 18.0. The Hall–Kier alpha value is -5.32. The Morgan fingerprint density at radius 2 is 0.510 bits per heavy atom. The normalized spacial score (nSPS) is 15.7. The number of nitrogens with one attached hydrogen (secondary N) is 6. The molecule has 0 fully saturated rings. The van der Waals surface area contributed by atoms with Gasteiger partial charge in [-0.25, -0.2) is 0 Å². The molecule has 4 rings (SSSR count). The highest BCUT2D eigenvalue weighted by Gasteiger charge is 2.32. The van der Waals surface area contributed by atoms with E-state index in [2.05, 4.69) is 129 Å². The summed E-state index contributed by atoms with van der Waals surface area (Å²) in [4.78, 5) is 98.7. The molecule has 0 spiro atoms. The third kappa shape index (κ3) is 76.9. The quantitative estimate of drug-likeness (QED) is 0.0243. The first-order valence-corrected chi connectivity index (χ1v) is 60.6. The lowest BCUT2D eigenvalue weighted by Gasteiger charge is -2.34. The molecule has 0 saturated heterocycles. The highest BCUT2D eigenvalue weighted by Crippen LogP contribution is 2.46. The molecule has 4 aliphatic carbocycles. The van der Waals surface area contributed by atoms with Gasteiger partial charge in [-0.05, 0) is 275 Å². The van der Waals surface area contributed by atoms with Gasteiger partial charge in [0, 0.05) is 136 Å². The van der Waals surface area contributed by atoms with Gasteiger partial charge in [0.2, 0.25) is 35.4 Å². The molecule has 0 aliphatic heterocycles. The van der Waals surface area contributed by atoms with Crippen LogP contribution in [0.5, 0.6) is 0 Å². The Bertz CT molecular complexity index is 3550. The van der Waals surface area contributed by atoms with Crippen molar-refractivity contribution in [3.8, 4) is 0 Å². The number of Topliss-reactive ketones (excluding diaryl/α,β-unsaturated/α-hetero) is 2. The number of rotatable bonds is 96. The van der Waals surface area contributed by atoms with E-state index in [9.17, 15) is 38.4 Å². The summed E-state index contributed by atoms with van der Waals surface area (Å²) in [6.45, 7) is 48.6. The second-order valence-corrected chi connectivity index (χ2v) is 45.7. The van der Waals surface area contributed by atoms with E-state index in [0.29, 0.717) is 244 Å². The Morgan fingerprint density at radius 3 is 0.812 bits per heavy atom. The van der Waals surface area contributed by atoms with Crippen molar-refractivity contribution in [2.45, 2.75) is 483 Å². The maximum Gasteiger partial charge on any atom is 0.223 e. The SMILES string of the molecule is CC(=O)CCCCCCCCC1=C(C)CCCC1(C)C.CCCOCCOCCOCCC(=O)NCCCOCCOCCOCCCNC(=O)[C@@H](CC)CCCCNC(=O)CCCCCCCCC1=C(C)CCCC1(C)C.COCCOCCC(=O)NCCCOCCOCCOCCCNC(=O)[C@H](CCCCNC(=O)CCCCCCCCC1=C(C)CCCC1(C)C)CC(=O)CCCCCCCCC1=C(C)CCCC1(C)C. The summed E-state index contributed by atoms with van der Waals surface area (Å²) < 4.78 is 60.0. The number of allylic oxidation sites excluding steroid dienone is 8. The second-order valence-electron chi connectivity index (χ2n) is 45.7. The molecule has 2 atom stereocenters. The van der Waals surface area contributed by atoms with Crippen molar-refractivity contribution in [1.82, 2.24) is 31.9 Å². The van der Waals surface area contributed by atoms with E-state index in [-0.39, 0.29) is 59.5 Å². The first-order valence-electron chi connectivity index (χ1n) is 60.6. The number of methoxy groups -OCH3 is 1. The summed E-state index contributed by atoms with van der Waals surface area (Å²) in [7, 11) is 1.61. The Labute approximate surface area is 910 Å². The Kier molecular flexibility index (Phi) is 87.0. The van der Waals surface area contributed by atoms with Crippen molar-refractivity contribution in [2.75, 3.05) is 185 Å². The summed E-state index contributed by atoms with van der Waals surface area (Å²) in [6, 6.07) is 0. The highest BCUT2D eigenvalue weighted by molar-refractivity contribution is 5.87. The number of unbranched alkanes of at least 4 members (excludes halogenated alkanes) is 22. The van der Waals surface area contributed by atoms with Crippen molar-refractivity contribution in [3.05, 3.63) is 44.6 Å². The number of amides is 6. The average molecular weight is 2110 g/mol. The molecular formula is C124H228N6O19. The fourth-order valence-electron chi connectivity index (χ4n) is 21.5. The number of ketones is 2. The predicted molar refractivity (Wildman–Crippen MR) is 610 cm³/mol. The fourth-order valence-corrected chi connectivity index (χ4v) is 21.5. The molecule has 0 aromatic heterocycles. The first-order chi connectivity index (χ1) is 71.9. The van der Waals surface area contributed by atoms with Gasteiger partial charge in [-0.3, -0.25) is 33.6 Å². The summed E-state index contributed by atoms with van der Waals surface area (Å²) >= 11 is 0. The van der Waals surface area contributed by atoms with E-state index in [1.807, 2.05) is 0 Å². The molecule has 0 aromatic carbocycles. The smallest absolute Gasteiger partial charge is 0.223 e. The molecule has 149 heavy (non-hydrogen) atoms. The van der Waals surface area contributed by atoms with Crippen LogP contribution in [0.1, 0.15) is 483 Å². The highest BCUT2D eigenvalue weighted by atomic mass is 16.6. The predicted octanol–water partition coefficient (Wildman–Crippen LogP) is 26.3. The van der Waals surface area contributed by atoms with Gasteiger partial charge in [-0.15, -0.1) is 0 Å². The largest absolute Gasteiger partial charge is 0.382 e. The molecule has 0 radical (unpaired) electrons. The van der Waals surface area contributed by atoms with E-state index in [1.54, 1.807) is 58.6 Å². The third-order valence-electron chi connectivity index (χ3n) is 30.6. The average Bonchev–Trinajstić information content (AvgIpc) is 0.835. The van der Waals surface area contributed by atoms with E-state index >= 15 is 0 Å². The van der Waals surface area contributed by atoms with Crippen molar-refractivity contribution >= 4 is 47.0 Å². The fraction of sp³-hybridized carbons (Fsp3) is 0.871. The number of hydrogen-bond donors (Lipinski definition) is 6. The van der Waals surface area contributed by atoms with Crippen molar-refractivity contribution in [3.63, 3.8) is 0 Å². The van der Waals surface area contributed by atoms with Crippen LogP contribution in [0.25, 0.3) is 0 Å². The lowest BCUT2D eigenvalue weighted by atomic mass is 9.71. The molecule has 4 aliphatic rings. The molecule has 0 heterocycles. The molecule has 0 bridgehead atoms. The molecule has 0 aromatic rings. The van der Waals surface area contributed by atoms with E-state index < -0.39 is 0 Å². The molecule has 25 nitrogen and oxygen atoms in total. The van der Waals surface area contributed by atoms with Crippen LogP contribution in [0, 0.1) is 33.5 Å². The minimum atomic E-state index is -0.360. The zero-order chi connectivity index (χ0) is 109. The van der Waals surface area contributed by atoms with Crippen LogP contribution in [-0.2, 0) is 90.5 Å². The number of hydrogen-bond acceptors (Lipinski definition) is 19. The van der Waals surface area contributed by atoms with Gasteiger partial charge in [-0.2, -0.15) is 0 Å². The van der Waals surface area contributed by atoms with Gasteiger partial charge in [0.05, 0.1) is 106 Å². The van der Waals surface area contributed by atoms with Crippen molar-refractivity contribution in [1.29, 1.82) is 0 Å². The monoisotopic (exact) mass is 2110 g/mol. The minimum Gasteiger partial charge on any atom is -0.382 e. The molecule has 0 unspecified atom stereocenters. The van der Waals surface area contributed by atoms with Crippen LogP contribution >= 0.6 is 0 Å². The molecule has 6 amide bonds. The van der Waals surface area contributed by atoms with Crippen LogP contribution in [-0.4, -0.2) is 232 Å². The van der Waals surface area contributed by atoms with Crippen molar-refractivity contribution < 1.29 is 90.5 Å². The number of ether oxygens (including phenoxy) is 11. The van der Waals surface area contributed by atoms with Crippen LogP contribution < -0.4 is 31.9 Å². The van der Waals surface area contributed by atoms with Crippen molar-refractivity contribution in [2.24, 2.45) is 33.5 Å². The lowest BCUT2D eigenvalue weighted by Crippen LogP contribution is -2.33. The van der Waals surface area contributed by atoms with Gasteiger partial charge in [-0.1, -0.05) is 229 Å². The standard InChI is InChI=1S/C59H107N3O9.C46H87N3O9.C19H34O/c1-49-26-22-34-58(3,4)53(49)30-17-13-9-8-12-16-29-52(63)48-51(28-20-21-36-60-55(64)32-19-15-11-10-14-18-31-54-50(2)27-23-35-59(54,5)6)57(66)62-38-25-40-69-45-47-71-46-44-68-39-24-37-61-56(65)33-41-70-43-42-67-7;1-6-28-53-32-36-57-39-35-56-31-23-44(51)48-26-17-29-54-33-37-58-38-34-55-30-18-27-49-45(52)41(7-2)20-14-15-25-47-43(50)22-13-11-9-8-10-12-21-42-40(3)19-16-24-46(42,4)5;1-16-12-11-15-19(3,4)18(16)14-10-8-6-5-7-9-13-17(2)20/h51H,8-48H2,1-7H3,(H,60,64)(H,61,65)(H,62,66);41H,6-39H2,1-5H3,(H,47,50)(H,48,51)(H,49,52);5-15H2,1-4H3/t51-;41-;/m10./s1. The Balaban J connectivity index is 0.000000858. The minimum absolute atomic E-state index is 0.00324. The van der Waals surface area contributed by atoms with Crippen LogP contribution in [0.4, 0.5) is 0 Å². The number of carbonyl (C=O) groups excluding carboxylic acids is 8. The van der Waals surface area contributed by atoms with Crippen LogP contribution in [0.2, 0.25) is 0 Å².